The second-order valence-corrected chi connectivity index (χ2v) is 8.28. The largest absolute Gasteiger partial charge is 0.494 e. The highest BCUT2D eigenvalue weighted by Crippen LogP contribution is 2.19. The van der Waals surface area contributed by atoms with Gasteiger partial charge in [0.15, 0.2) is 0 Å². The maximum atomic E-state index is 12.0. The van der Waals surface area contributed by atoms with Gasteiger partial charge in [-0.3, -0.25) is 0 Å². The molecule has 0 radical (unpaired) electrons. The summed E-state index contributed by atoms with van der Waals surface area (Å²) in [6.07, 6.45) is 5.01. The SMILES string of the molecule is CCCCCCOc1ccc(CCC(CO)(CO)NC(=O)OC(C)(C)C)cc1. The van der Waals surface area contributed by atoms with Crippen LogP contribution in [0.1, 0.15) is 65.4 Å². The van der Waals surface area contributed by atoms with Crippen molar-refractivity contribution in [3.05, 3.63) is 29.8 Å². The van der Waals surface area contributed by atoms with E-state index >= 15 is 0 Å². The minimum atomic E-state index is -1.13. The smallest absolute Gasteiger partial charge is 0.408 e. The number of aliphatic hydroxyl groups is 2. The van der Waals surface area contributed by atoms with Crippen LogP contribution in [0.15, 0.2) is 24.3 Å². The van der Waals surface area contributed by atoms with Gasteiger partial charge in [-0.25, -0.2) is 4.79 Å². The van der Waals surface area contributed by atoms with Crippen molar-refractivity contribution < 1.29 is 24.5 Å². The molecule has 0 saturated heterocycles. The molecule has 0 aromatic heterocycles. The molecule has 3 N–H and O–H groups in total. The molecule has 1 rings (SSSR count). The van der Waals surface area contributed by atoms with Crippen molar-refractivity contribution in [2.45, 2.75) is 77.4 Å². The molecular weight excluding hydrogens is 358 g/mol. The third-order valence-corrected chi connectivity index (χ3v) is 4.45. The van der Waals surface area contributed by atoms with E-state index in [9.17, 15) is 15.0 Å². The molecule has 0 aliphatic carbocycles. The second-order valence-electron chi connectivity index (χ2n) is 8.28. The van der Waals surface area contributed by atoms with E-state index in [1.807, 2.05) is 24.3 Å². The number of ether oxygens (including phenoxy) is 2. The van der Waals surface area contributed by atoms with Crippen LogP contribution in [0.4, 0.5) is 4.79 Å². The Balaban J connectivity index is 2.55. The lowest BCUT2D eigenvalue weighted by Gasteiger charge is -2.32. The number of benzene rings is 1. The summed E-state index contributed by atoms with van der Waals surface area (Å²) in [6.45, 7) is 7.45. The van der Waals surface area contributed by atoms with Gasteiger partial charge in [-0.05, 0) is 57.7 Å². The number of aliphatic hydroxyl groups excluding tert-OH is 2. The molecule has 0 bridgehead atoms. The lowest BCUT2D eigenvalue weighted by Crippen LogP contribution is -2.55. The Morgan fingerprint density at radius 2 is 1.68 bits per heavy atom. The average Bonchev–Trinajstić information content (AvgIpc) is 2.64. The van der Waals surface area contributed by atoms with E-state index in [-0.39, 0.29) is 13.2 Å². The Hall–Kier alpha value is -1.79. The highest BCUT2D eigenvalue weighted by atomic mass is 16.6. The first-order valence-corrected chi connectivity index (χ1v) is 10.2. The molecule has 28 heavy (non-hydrogen) atoms. The first-order chi connectivity index (χ1) is 13.2. The predicted octanol–water partition coefficient (Wildman–Crippen LogP) is 3.83. The van der Waals surface area contributed by atoms with Crippen LogP contribution in [0.5, 0.6) is 5.75 Å². The summed E-state index contributed by atoms with van der Waals surface area (Å²) in [5.41, 5.74) is -0.736. The zero-order valence-electron chi connectivity index (χ0n) is 17.8. The molecular formula is C22H37NO5. The molecule has 0 aliphatic heterocycles. The monoisotopic (exact) mass is 395 g/mol. The highest BCUT2D eigenvalue weighted by molar-refractivity contribution is 5.68. The van der Waals surface area contributed by atoms with Gasteiger partial charge >= 0.3 is 6.09 Å². The number of aryl methyl sites for hydroxylation is 1. The van der Waals surface area contributed by atoms with E-state index in [1.54, 1.807) is 20.8 Å². The van der Waals surface area contributed by atoms with Crippen molar-refractivity contribution >= 4 is 6.09 Å². The number of carbonyl (C=O) groups excluding carboxylic acids is 1. The number of amides is 1. The summed E-state index contributed by atoms with van der Waals surface area (Å²) >= 11 is 0. The van der Waals surface area contributed by atoms with Gasteiger partial charge in [0.05, 0.1) is 25.4 Å². The first kappa shape index (κ1) is 24.2. The zero-order valence-corrected chi connectivity index (χ0v) is 17.8. The minimum Gasteiger partial charge on any atom is -0.494 e. The van der Waals surface area contributed by atoms with Gasteiger partial charge in [0.25, 0.3) is 0 Å². The van der Waals surface area contributed by atoms with Crippen molar-refractivity contribution in [3.63, 3.8) is 0 Å². The summed E-state index contributed by atoms with van der Waals surface area (Å²) in [7, 11) is 0. The summed E-state index contributed by atoms with van der Waals surface area (Å²) in [6, 6.07) is 7.79. The van der Waals surface area contributed by atoms with Gasteiger partial charge in [0.1, 0.15) is 11.4 Å². The molecule has 0 fully saturated rings. The maximum Gasteiger partial charge on any atom is 0.408 e. The number of rotatable bonds is 12. The third kappa shape index (κ3) is 9.42. The molecule has 1 aromatic rings. The maximum absolute atomic E-state index is 12.0. The van der Waals surface area contributed by atoms with Gasteiger partial charge in [0, 0.05) is 0 Å². The fourth-order valence-electron chi connectivity index (χ4n) is 2.72. The Morgan fingerprint density at radius 1 is 1.04 bits per heavy atom. The van der Waals surface area contributed by atoms with E-state index in [4.69, 9.17) is 9.47 Å². The molecule has 6 heteroatoms. The quantitative estimate of drug-likeness (QED) is 0.468. The molecule has 1 aromatic carbocycles. The molecule has 0 atom stereocenters. The first-order valence-electron chi connectivity index (χ1n) is 10.2. The molecule has 160 valence electrons. The van der Waals surface area contributed by atoms with Gasteiger partial charge < -0.3 is 25.0 Å². The number of unbranched alkanes of at least 4 members (excludes halogenated alkanes) is 3. The molecule has 0 spiro atoms. The van der Waals surface area contributed by atoms with Gasteiger partial charge in [-0.2, -0.15) is 0 Å². The highest BCUT2D eigenvalue weighted by Gasteiger charge is 2.32. The van der Waals surface area contributed by atoms with E-state index in [0.29, 0.717) is 12.8 Å². The Bertz CT molecular complexity index is 561. The summed E-state index contributed by atoms with van der Waals surface area (Å²) in [5, 5.41) is 22.1. The van der Waals surface area contributed by atoms with E-state index in [0.717, 1.165) is 24.3 Å². The van der Waals surface area contributed by atoms with Crippen LogP contribution in [-0.4, -0.2) is 47.3 Å². The van der Waals surface area contributed by atoms with Crippen molar-refractivity contribution in [1.29, 1.82) is 0 Å². The zero-order chi connectivity index (χ0) is 21.0. The van der Waals surface area contributed by atoms with Crippen LogP contribution in [0.3, 0.4) is 0 Å². The van der Waals surface area contributed by atoms with Gasteiger partial charge in [-0.1, -0.05) is 38.3 Å². The Morgan fingerprint density at radius 3 is 2.21 bits per heavy atom. The van der Waals surface area contributed by atoms with Crippen molar-refractivity contribution in [3.8, 4) is 5.75 Å². The van der Waals surface area contributed by atoms with Gasteiger partial charge in [0.2, 0.25) is 0 Å². The van der Waals surface area contributed by atoms with Crippen LogP contribution in [0, 0.1) is 0 Å². The number of carbonyl (C=O) groups is 1. The van der Waals surface area contributed by atoms with Crippen molar-refractivity contribution in [2.24, 2.45) is 0 Å². The van der Waals surface area contributed by atoms with Crippen molar-refractivity contribution in [1.82, 2.24) is 5.32 Å². The fourth-order valence-corrected chi connectivity index (χ4v) is 2.72. The normalized spacial score (nSPS) is 11.9. The lowest BCUT2D eigenvalue weighted by atomic mass is 9.93. The van der Waals surface area contributed by atoms with E-state index in [2.05, 4.69) is 12.2 Å². The fraction of sp³-hybridized carbons (Fsp3) is 0.682. The van der Waals surface area contributed by atoms with E-state index < -0.39 is 17.2 Å². The summed E-state index contributed by atoms with van der Waals surface area (Å²) in [4.78, 5) is 12.0. The third-order valence-electron chi connectivity index (χ3n) is 4.45. The minimum absolute atomic E-state index is 0.373. The number of hydrogen-bond acceptors (Lipinski definition) is 5. The van der Waals surface area contributed by atoms with Crippen LogP contribution < -0.4 is 10.1 Å². The van der Waals surface area contributed by atoms with Crippen LogP contribution in [-0.2, 0) is 11.2 Å². The number of nitrogens with one attached hydrogen (secondary N) is 1. The van der Waals surface area contributed by atoms with Crippen LogP contribution >= 0.6 is 0 Å². The molecule has 0 saturated carbocycles. The summed E-state index contributed by atoms with van der Waals surface area (Å²) < 4.78 is 11.0. The second kappa shape index (κ2) is 11.9. The lowest BCUT2D eigenvalue weighted by molar-refractivity contribution is 0.0276. The molecule has 0 heterocycles. The average molecular weight is 396 g/mol. The molecule has 0 aliphatic rings. The summed E-state index contributed by atoms with van der Waals surface area (Å²) in [5.74, 6) is 0.836. The predicted molar refractivity (Wildman–Crippen MR) is 111 cm³/mol. The molecule has 0 unspecified atom stereocenters. The number of alkyl carbamates (subject to hydrolysis) is 1. The topological polar surface area (TPSA) is 88.0 Å². The van der Waals surface area contributed by atoms with Crippen LogP contribution in [0.25, 0.3) is 0 Å². The Labute approximate surface area is 169 Å². The molecule has 6 nitrogen and oxygen atoms in total. The van der Waals surface area contributed by atoms with E-state index in [1.165, 1.54) is 19.3 Å². The van der Waals surface area contributed by atoms with Gasteiger partial charge in [-0.15, -0.1) is 0 Å². The molecule has 1 amide bonds. The standard InChI is InChI=1S/C22H37NO5/c1-5-6-7-8-15-27-19-11-9-18(10-12-19)13-14-22(16-24,17-25)23-20(26)28-21(2,3)4/h9-12,24-25H,5-8,13-17H2,1-4H3,(H,23,26). The number of hydrogen-bond donors (Lipinski definition) is 3. The Kier molecular flexibility index (Phi) is 10.3. The van der Waals surface area contributed by atoms with Crippen LogP contribution in [0.2, 0.25) is 0 Å². The van der Waals surface area contributed by atoms with Crippen molar-refractivity contribution in [2.75, 3.05) is 19.8 Å².